The number of nitrogens with zero attached hydrogens (tertiary/aromatic N) is 2. The van der Waals surface area contributed by atoms with Crippen molar-refractivity contribution in [3.05, 3.63) is 29.3 Å². The van der Waals surface area contributed by atoms with Crippen LogP contribution in [0, 0.1) is 0 Å². The number of hydrogen-bond donors (Lipinski definition) is 1. The van der Waals surface area contributed by atoms with Gasteiger partial charge in [-0.2, -0.15) is 0 Å². The van der Waals surface area contributed by atoms with Crippen LogP contribution in [0.1, 0.15) is 0 Å². The molecule has 0 aromatic heterocycles. The Bertz CT molecular complexity index is 378. The van der Waals surface area contributed by atoms with Crippen LogP contribution >= 0.6 is 11.6 Å². The fourth-order valence-electron chi connectivity index (χ4n) is 2.10. The molecule has 5 heteroatoms. The maximum Gasteiger partial charge on any atom is 0.119 e. The van der Waals surface area contributed by atoms with E-state index in [1.807, 2.05) is 12.1 Å². The third-order valence-corrected chi connectivity index (χ3v) is 3.57. The fraction of sp³-hybridized carbons (Fsp3) is 0.571. The van der Waals surface area contributed by atoms with Crippen LogP contribution in [0.5, 0.6) is 5.75 Å². The molecule has 2 rings (SSSR count). The van der Waals surface area contributed by atoms with E-state index >= 15 is 0 Å². The number of likely N-dealkylation sites (N-methyl/N-ethyl adjacent to an activating group) is 1. The molecule has 0 spiro atoms. The lowest BCUT2D eigenvalue weighted by Crippen LogP contribution is -2.47. The second-order valence-corrected chi connectivity index (χ2v) is 5.46. The van der Waals surface area contributed by atoms with E-state index in [1.54, 1.807) is 12.1 Å². The van der Waals surface area contributed by atoms with Crippen molar-refractivity contribution in [2.45, 2.75) is 6.10 Å². The van der Waals surface area contributed by atoms with Gasteiger partial charge in [0, 0.05) is 37.7 Å². The maximum atomic E-state index is 9.98. The van der Waals surface area contributed by atoms with Crippen LogP contribution in [-0.2, 0) is 0 Å². The van der Waals surface area contributed by atoms with Crippen molar-refractivity contribution in [2.75, 3.05) is 46.4 Å². The maximum absolute atomic E-state index is 9.98. The highest BCUT2D eigenvalue weighted by Gasteiger charge is 2.17. The predicted molar refractivity (Wildman–Crippen MR) is 76.9 cm³/mol. The van der Waals surface area contributed by atoms with Gasteiger partial charge in [0.05, 0.1) is 0 Å². The molecule has 0 amide bonds. The molecule has 1 fully saturated rings. The van der Waals surface area contributed by atoms with E-state index < -0.39 is 6.10 Å². The number of rotatable bonds is 5. The van der Waals surface area contributed by atoms with Crippen LogP contribution in [0.2, 0.25) is 5.02 Å². The third-order valence-electron chi connectivity index (χ3n) is 3.32. The Labute approximate surface area is 119 Å². The highest BCUT2D eigenvalue weighted by Crippen LogP contribution is 2.15. The van der Waals surface area contributed by atoms with Crippen molar-refractivity contribution in [1.82, 2.24) is 9.80 Å². The highest BCUT2D eigenvalue weighted by atomic mass is 35.5. The molecular weight excluding hydrogens is 264 g/mol. The van der Waals surface area contributed by atoms with Crippen molar-refractivity contribution < 1.29 is 9.84 Å². The molecule has 19 heavy (non-hydrogen) atoms. The van der Waals surface area contributed by atoms with Gasteiger partial charge in [0.15, 0.2) is 0 Å². The van der Waals surface area contributed by atoms with Gasteiger partial charge in [0.1, 0.15) is 18.5 Å². The van der Waals surface area contributed by atoms with Gasteiger partial charge in [0.2, 0.25) is 0 Å². The quantitative estimate of drug-likeness (QED) is 0.885. The fourth-order valence-corrected chi connectivity index (χ4v) is 2.23. The lowest BCUT2D eigenvalue weighted by molar-refractivity contribution is 0.0505. The zero-order valence-corrected chi connectivity index (χ0v) is 12.0. The summed E-state index contributed by atoms with van der Waals surface area (Å²) in [5.41, 5.74) is 0. The molecule has 106 valence electrons. The Morgan fingerprint density at radius 3 is 2.47 bits per heavy atom. The molecular formula is C14H21ClN2O2. The normalized spacial score (nSPS) is 19.3. The Morgan fingerprint density at radius 2 is 1.84 bits per heavy atom. The monoisotopic (exact) mass is 284 g/mol. The number of ether oxygens (including phenoxy) is 1. The van der Waals surface area contributed by atoms with Crippen LogP contribution in [0.15, 0.2) is 24.3 Å². The number of aliphatic hydroxyl groups is 1. The van der Waals surface area contributed by atoms with Crippen LogP contribution in [0.4, 0.5) is 0 Å². The van der Waals surface area contributed by atoms with Gasteiger partial charge in [0.25, 0.3) is 0 Å². The molecule has 4 nitrogen and oxygen atoms in total. The van der Waals surface area contributed by atoms with E-state index in [1.165, 1.54) is 0 Å². The van der Waals surface area contributed by atoms with Crippen LogP contribution in [-0.4, -0.2) is 67.4 Å². The van der Waals surface area contributed by atoms with E-state index in [9.17, 15) is 5.11 Å². The minimum Gasteiger partial charge on any atom is -0.491 e. The molecule has 0 bridgehead atoms. The van der Waals surface area contributed by atoms with E-state index in [0.717, 1.165) is 31.9 Å². The van der Waals surface area contributed by atoms with E-state index in [-0.39, 0.29) is 0 Å². The number of halogens is 1. The van der Waals surface area contributed by atoms with E-state index in [2.05, 4.69) is 16.8 Å². The first kappa shape index (κ1) is 14.6. The standard InChI is InChI=1S/C14H21ClN2O2/c1-16-6-8-17(9-7-16)10-13(18)11-19-14-4-2-12(15)3-5-14/h2-5,13,18H,6-11H2,1H3/t13-/m0/s1. The first-order valence-corrected chi connectivity index (χ1v) is 6.98. The average molecular weight is 285 g/mol. The summed E-state index contributed by atoms with van der Waals surface area (Å²) >= 11 is 5.80. The molecule has 1 heterocycles. The molecule has 1 aliphatic rings. The SMILES string of the molecule is CN1CCN(C[C@H](O)COc2ccc(Cl)cc2)CC1. The van der Waals surface area contributed by atoms with Gasteiger partial charge in [-0.1, -0.05) is 11.6 Å². The molecule has 0 radical (unpaired) electrons. The summed E-state index contributed by atoms with van der Waals surface area (Å²) in [5.74, 6) is 0.738. The summed E-state index contributed by atoms with van der Waals surface area (Å²) in [5, 5.41) is 10.7. The summed E-state index contributed by atoms with van der Waals surface area (Å²) in [6.45, 7) is 5.12. The molecule has 0 saturated carbocycles. The molecule has 1 atom stereocenters. The zero-order valence-electron chi connectivity index (χ0n) is 11.3. The first-order chi connectivity index (χ1) is 9.13. The Kier molecular flexibility index (Phi) is 5.45. The van der Waals surface area contributed by atoms with Gasteiger partial charge in [-0.05, 0) is 31.3 Å². The molecule has 1 aliphatic heterocycles. The van der Waals surface area contributed by atoms with Crippen LogP contribution in [0.25, 0.3) is 0 Å². The van der Waals surface area contributed by atoms with Gasteiger partial charge in [-0.3, -0.25) is 4.90 Å². The first-order valence-electron chi connectivity index (χ1n) is 6.61. The van der Waals surface area contributed by atoms with Crippen molar-refractivity contribution in [3.63, 3.8) is 0 Å². The summed E-state index contributed by atoms with van der Waals surface area (Å²) < 4.78 is 5.54. The predicted octanol–water partition coefficient (Wildman–Crippen LogP) is 1.33. The van der Waals surface area contributed by atoms with Gasteiger partial charge in [-0.25, -0.2) is 0 Å². The Balaban J connectivity index is 1.69. The van der Waals surface area contributed by atoms with Gasteiger partial charge in [-0.15, -0.1) is 0 Å². The van der Waals surface area contributed by atoms with Crippen molar-refractivity contribution in [1.29, 1.82) is 0 Å². The van der Waals surface area contributed by atoms with Crippen molar-refractivity contribution in [3.8, 4) is 5.75 Å². The second kappa shape index (κ2) is 7.10. The van der Waals surface area contributed by atoms with Crippen LogP contribution in [0.3, 0.4) is 0 Å². The lowest BCUT2D eigenvalue weighted by atomic mass is 10.3. The summed E-state index contributed by atoms with van der Waals surface area (Å²) in [4.78, 5) is 4.57. The number of piperazine rings is 1. The molecule has 0 aliphatic carbocycles. The highest BCUT2D eigenvalue weighted by molar-refractivity contribution is 6.30. The molecule has 1 aromatic rings. The lowest BCUT2D eigenvalue weighted by Gasteiger charge is -2.33. The Hall–Kier alpha value is -0.810. The molecule has 0 unspecified atom stereocenters. The largest absolute Gasteiger partial charge is 0.491 e. The van der Waals surface area contributed by atoms with Gasteiger partial charge >= 0.3 is 0 Å². The smallest absolute Gasteiger partial charge is 0.119 e. The summed E-state index contributed by atoms with van der Waals surface area (Å²) in [6.07, 6.45) is -0.459. The Morgan fingerprint density at radius 1 is 1.21 bits per heavy atom. The summed E-state index contributed by atoms with van der Waals surface area (Å²) in [7, 11) is 2.12. The van der Waals surface area contributed by atoms with Crippen LogP contribution < -0.4 is 4.74 Å². The topological polar surface area (TPSA) is 35.9 Å². The zero-order chi connectivity index (χ0) is 13.7. The van der Waals surface area contributed by atoms with Gasteiger partial charge < -0.3 is 14.7 Å². The van der Waals surface area contributed by atoms with Crippen molar-refractivity contribution in [2.24, 2.45) is 0 Å². The van der Waals surface area contributed by atoms with Crippen molar-refractivity contribution >= 4 is 11.6 Å². The minimum atomic E-state index is -0.459. The minimum absolute atomic E-state index is 0.313. The molecule has 1 aromatic carbocycles. The molecule has 1 saturated heterocycles. The second-order valence-electron chi connectivity index (χ2n) is 5.02. The number of β-amino-alcohol motifs (C(OH)–C–C–N with tert-alkyl or cyclic N) is 1. The van der Waals surface area contributed by atoms with E-state index in [0.29, 0.717) is 18.2 Å². The number of aliphatic hydroxyl groups excluding tert-OH is 1. The van der Waals surface area contributed by atoms with E-state index in [4.69, 9.17) is 16.3 Å². The summed E-state index contributed by atoms with van der Waals surface area (Å²) in [6, 6.07) is 7.18. The molecule has 1 N–H and O–H groups in total. The average Bonchev–Trinajstić information content (AvgIpc) is 2.41. The number of hydrogen-bond acceptors (Lipinski definition) is 4. The third kappa shape index (κ3) is 4.99. The number of benzene rings is 1.